The molecule has 0 aromatic carbocycles. The molecule has 3 heterocycles. The van der Waals surface area contributed by atoms with Crippen LogP contribution < -0.4 is 10.9 Å². The van der Waals surface area contributed by atoms with Crippen LogP contribution in [0.2, 0.25) is 0 Å². The van der Waals surface area contributed by atoms with Gasteiger partial charge in [-0.05, 0) is 31.3 Å². The molecule has 42 heavy (non-hydrogen) atoms. The number of hydrogen-bond donors (Lipinski definition) is 2. The van der Waals surface area contributed by atoms with Gasteiger partial charge in [0.25, 0.3) is 11.5 Å². The maximum Gasteiger partial charge on any atom is 0.410 e. The van der Waals surface area contributed by atoms with E-state index in [1.54, 1.807) is 14.1 Å². The number of fused-ring (bicyclic) bond motifs is 1. The van der Waals surface area contributed by atoms with Crippen LogP contribution in [0.1, 0.15) is 38.2 Å². The third kappa shape index (κ3) is 8.21. The number of amides is 3. The van der Waals surface area contributed by atoms with Crippen molar-refractivity contribution in [2.24, 2.45) is 5.92 Å². The van der Waals surface area contributed by atoms with Gasteiger partial charge in [-0.25, -0.2) is 18.6 Å². The van der Waals surface area contributed by atoms with Crippen LogP contribution in [-0.4, -0.2) is 81.5 Å². The summed E-state index contributed by atoms with van der Waals surface area (Å²) >= 11 is 0. The lowest BCUT2D eigenvalue weighted by atomic mass is 10.1. The molecule has 0 aliphatic heterocycles. The molecule has 3 aromatic rings. The Morgan fingerprint density at radius 1 is 1.17 bits per heavy atom. The second-order valence-corrected chi connectivity index (χ2v) is 10.5. The molecule has 0 spiro atoms. The van der Waals surface area contributed by atoms with Crippen LogP contribution in [0.5, 0.6) is 0 Å². The van der Waals surface area contributed by atoms with Crippen molar-refractivity contribution in [3.8, 4) is 0 Å². The molecule has 0 aliphatic rings. The summed E-state index contributed by atoms with van der Waals surface area (Å²) in [5, 5.41) is 2.35. The first kappa shape index (κ1) is 31.9. The van der Waals surface area contributed by atoms with Gasteiger partial charge in [-0.1, -0.05) is 19.9 Å². The first-order chi connectivity index (χ1) is 19.8. The summed E-state index contributed by atoms with van der Waals surface area (Å²) in [6.07, 6.45) is 3.47. The highest BCUT2D eigenvalue weighted by molar-refractivity contribution is 5.95. The summed E-state index contributed by atoms with van der Waals surface area (Å²) in [5.41, 5.74) is -0.1000. The number of allylic oxidation sites excluding steroid dienone is 1. The molecule has 0 fully saturated rings. The lowest BCUT2D eigenvalue weighted by molar-refractivity contribution is -0.125. The number of anilines is 1. The monoisotopic (exact) mass is 587 g/mol. The number of carbonyl (C=O) groups is 3. The Hall–Kier alpha value is -4.62. The van der Waals surface area contributed by atoms with Crippen molar-refractivity contribution < 1.29 is 27.9 Å². The predicted molar refractivity (Wildman–Crippen MR) is 152 cm³/mol. The number of likely N-dealkylation sites (N-methyl/N-ethyl adjacent to an activating group) is 1. The maximum atomic E-state index is 14.6. The number of imidazole rings is 1. The Labute approximate surface area is 241 Å². The van der Waals surface area contributed by atoms with Crippen molar-refractivity contribution in [2.45, 2.75) is 45.8 Å². The Morgan fingerprint density at radius 3 is 2.52 bits per heavy atom. The minimum atomic E-state index is -1.35. The van der Waals surface area contributed by atoms with Gasteiger partial charge in [-0.15, -0.1) is 0 Å². The van der Waals surface area contributed by atoms with Crippen LogP contribution in [-0.2, 0) is 27.3 Å². The van der Waals surface area contributed by atoms with Gasteiger partial charge in [0.05, 0.1) is 24.0 Å². The Balaban J connectivity index is 1.85. The summed E-state index contributed by atoms with van der Waals surface area (Å²) < 4.78 is 35.3. The number of aromatic amines is 1. The summed E-state index contributed by atoms with van der Waals surface area (Å²) in [7, 11) is 6.04. The van der Waals surface area contributed by atoms with Crippen LogP contribution in [0.3, 0.4) is 0 Å². The first-order valence-electron chi connectivity index (χ1n) is 13.2. The highest BCUT2D eigenvalue weighted by Crippen LogP contribution is 2.21. The second kappa shape index (κ2) is 13.8. The zero-order chi connectivity index (χ0) is 31.1. The number of nitrogens with one attached hydrogen (secondary N) is 2. The van der Waals surface area contributed by atoms with Gasteiger partial charge in [0.1, 0.15) is 22.8 Å². The number of aromatic nitrogens is 4. The summed E-state index contributed by atoms with van der Waals surface area (Å²) in [5.74, 6) is -2.17. The number of ether oxygens (including phenoxy) is 1. The molecule has 3 amide bonds. The number of carbonyl (C=O) groups excluding carboxylic acids is 3. The van der Waals surface area contributed by atoms with Gasteiger partial charge in [-0.3, -0.25) is 19.4 Å². The highest BCUT2D eigenvalue weighted by atomic mass is 19.1. The largest absolute Gasteiger partial charge is 0.436 e. The van der Waals surface area contributed by atoms with Crippen molar-refractivity contribution in [1.29, 1.82) is 0 Å². The van der Waals surface area contributed by atoms with E-state index >= 15 is 0 Å². The second-order valence-electron chi connectivity index (χ2n) is 10.5. The maximum absolute atomic E-state index is 14.6. The minimum Gasteiger partial charge on any atom is -0.436 e. The first-order valence-corrected chi connectivity index (χ1v) is 13.2. The van der Waals surface area contributed by atoms with E-state index in [4.69, 9.17) is 4.74 Å². The van der Waals surface area contributed by atoms with Crippen LogP contribution in [0.25, 0.3) is 11.0 Å². The molecular formula is C28H35F2N7O5. The average Bonchev–Trinajstić information content (AvgIpc) is 3.34. The van der Waals surface area contributed by atoms with Crippen LogP contribution >= 0.6 is 0 Å². The lowest BCUT2D eigenvalue weighted by Crippen LogP contribution is -2.37. The molecule has 2 N–H and O–H groups in total. The fourth-order valence-corrected chi connectivity index (χ4v) is 3.91. The van der Waals surface area contributed by atoms with E-state index in [-0.39, 0.29) is 42.6 Å². The van der Waals surface area contributed by atoms with E-state index in [2.05, 4.69) is 20.3 Å². The molecule has 0 bridgehead atoms. The van der Waals surface area contributed by atoms with Gasteiger partial charge in [-0.2, -0.15) is 0 Å². The molecule has 0 unspecified atom stereocenters. The molecule has 14 heteroatoms. The Bertz CT molecular complexity index is 1550. The number of rotatable bonds is 11. The van der Waals surface area contributed by atoms with E-state index < -0.39 is 41.0 Å². The SMILES string of the molecule is CC(C)Cc1ncc(F)c2nc(Cn3cc(F)cc(NC(=O)[C@H](CC/C=C/C(=O)N(C)C)OC(=O)N(C)C)c3=O)[nH]c12. The van der Waals surface area contributed by atoms with Crippen molar-refractivity contribution in [3.05, 3.63) is 64.1 Å². The molecule has 3 rings (SSSR count). The highest BCUT2D eigenvalue weighted by Gasteiger charge is 2.25. The van der Waals surface area contributed by atoms with Gasteiger partial charge in [0.15, 0.2) is 11.9 Å². The predicted octanol–water partition coefficient (Wildman–Crippen LogP) is 3.07. The van der Waals surface area contributed by atoms with E-state index in [0.717, 1.165) is 27.9 Å². The zero-order valence-corrected chi connectivity index (χ0v) is 24.4. The zero-order valence-electron chi connectivity index (χ0n) is 24.4. The smallest absolute Gasteiger partial charge is 0.410 e. The van der Waals surface area contributed by atoms with E-state index in [1.165, 1.54) is 31.1 Å². The fourth-order valence-electron chi connectivity index (χ4n) is 3.91. The van der Waals surface area contributed by atoms with Crippen molar-refractivity contribution >= 4 is 34.6 Å². The summed E-state index contributed by atoms with van der Waals surface area (Å²) in [6.45, 7) is 3.73. The van der Waals surface area contributed by atoms with E-state index in [1.807, 2.05) is 13.8 Å². The third-order valence-corrected chi connectivity index (χ3v) is 6.03. The molecule has 0 radical (unpaired) electrons. The van der Waals surface area contributed by atoms with Crippen LogP contribution in [0, 0.1) is 17.6 Å². The van der Waals surface area contributed by atoms with Gasteiger partial charge in [0, 0.05) is 40.5 Å². The Kier molecular flexibility index (Phi) is 10.5. The summed E-state index contributed by atoms with van der Waals surface area (Å²) in [6, 6.07) is 0.847. The van der Waals surface area contributed by atoms with Gasteiger partial charge < -0.3 is 29.4 Å². The topological polar surface area (TPSA) is 143 Å². The third-order valence-electron chi connectivity index (χ3n) is 6.03. The number of H-pyrrole nitrogens is 1. The number of halogens is 2. The number of hydrogen-bond acceptors (Lipinski definition) is 7. The van der Waals surface area contributed by atoms with Crippen molar-refractivity contribution in [3.63, 3.8) is 0 Å². The van der Waals surface area contributed by atoms with Gasteiger partial charge >= 0.3 is 6.09 Å². The van der Waals surface area contributed by atoms with E-state index in [0.29, 0.717) is 17.6 Å². The van der Waals surface area contributed by atoms with Gasteiger partial charge in [0.2, 0.25) is 5.91 Å². The van der Waals surface area contributed by atoms with E-state index in [9.17, 15) is 28.0 Å². The van der Waals surface area contributed by atoms with Crippen molar-refractivity contribution in [2.75, 3.05) is 33.5 Å². The van der Waals surface area contributed by atoms with Crippen molar-refractivity contribution in [1.82, 2.24) is 29.3 Å². The average molecular weight is 588 g/mol. The normalized spacial score (nSPS) is 12.1. The van der Waals surface area contributed by atoms with Crippen LogP contribution in [0.4, 0.5) is 19.3 Å². The number of nitrogens with zero attached hydrogens (tertiary/aromatic N) is 5. The molecule has 0 saturated carbocycles. The standard InChI is InChI=1S/C28H35F2N7O5/c1-16(2)11-19-25-24(18(30)13-31-19)33-22(34-25)15-37-14-17(29)12-20(27(37)40)32-26(39)21(42-28(41)36(5)6)9-7-8-10-23(38)35(3)4/h8,10,12-14,16,21H,7,9,11,15H2,1-6H3,(H,32,39)(H,33,34)/b10-8+/t21-/m0/s1. The molecular weight excluding hydrogens is 552 g/mol. The minimum absolute atomic E-state index is 0.0105. The quantitative estimate of drug-likeness (QED) is 0.328. The van der Waals surface area contributed by atoms with Crippen LogP contribution in [0.15, 0.2) is 35.4 Å². The molecule has 1 atom stereocenters. The fraction of sp³-hybridized carbons (Fsp3) is 0.429. The molecule has 0 saturated heterocycles. The molecule has 226 valence electrons. The number of pyridine rings is 2. The Morgan fingerprint density at radius 2 is 1.88 bits per heavy atom. The molecule has 0 aliphatic carbocycles. The lowest BCUT2D eigenvalue weighted by Gasteiger charge is -2.19. The summed E-state index contributed by atoms with van der Waals surface area (Å²) in [4.78, 5) is 64.1. The molecule has 12 nitrogen and oxygen atoms in total. The molecule has 3 aromatic heterocycles.